The van der Waals surface area contributed by atoms with Crippen LogP contribution in [0.25, 0.3) is 0 Å². The molecule has 8 nitrogen and oxygen atoms in total. The molecule has 0 bridgehead atoms. The maximum atomic E-state index is 13.4. The Morgan fingerprint density at radius 2 is 1.57 bits per heavy atom. The second kappa shape index (κ2) is 13.0. The van der Waals surface area contributed by atoms with Crippen LogP contribution >= 0.6 is 23.1 Å². The van der Waals surface area contributed by atoms with Crippen LogP contribution in [-0.2, 0) is 4.79 Å². The minimum atomic E-state index is 0.00726. The zero-order chi connectivity index (χ0) is 25.5. The summed E-state index contributed by atoms with van der Waals surface area (Å²) < 4.78 is 0.959. The summed E-state index contributed by atoms with van der Waals surface area (Å²) in [5, 5.41) is 3.73. The van der Waals surface area contributed by atoms with E-state index in [4.69, 9.17) is 0 Å². The highest BCUT2D eigenvalue weighted by Crippen LogP contribution is 2.33. The lowest BCUT2D eigenvalue weighted by molar-refractivity contribution is -0.128. The van der Waals surface area contributed by atoms with E-state index in [0.717, 1.165) is 61.8 Å². The van der Waals surface area contributed by atoms with Gasteiger partial charge in [0.25, 0.3) is 0 Å². The highest BCUT2D eigenvalue weighted by molar-refractivity contribution is 8.01. The van der Waals surface area contributed by atoms with Gasteiger partial charge >= 0.3 is 6.03 Å². The van der Waals surface area contributed by atoms with Crippen molar-refractivity contribution >= 4 is 45.9 Å². The van der Waals surface area contributed by atoms with Crippen LogP contribution < -0.4 is 10.2 Å². The van der Waals surface area contributed by atoms with Crippen LogP contribution in [0, 0.1) is 0 Å². The summed E-state index contributed by atoms with van der Waals surface area (Å²) in [6.45, 7) is 3.11. The van der Waals surface area contributed by atoms with Gasteiger partial charge in [-0.15, -0.1) is 11.8 Å². The number of aromatic nitrogens is 2. The van der Waals surface area contributed by atoms with Crippen molar-refractivity contribution in [2.75, 3.05) is 42.1 Å². The van der Waals surface area contributed by atoms with Crippen LogP contribution in [0.15, 0.2) is 34.9 Å². The second-order valence-corrected chi connectivity index (χ2v) is 12.6. The van der Waals surface area contributed by atoms with E-state index in [-0.39, 0.29) is 11.9 Å². The number of piperazine rings is 1. The van der Waals surface area contributed by atoms with Crippen molar-refractivity contribution in [3.05, 3.63) is 30.7 Å². The van der Waals surface area contributed by atoms with Gasteiger partial charge in [-0.1, -0.05) is 49.9 Å². The molecule has 3 fully saturated rings. The van der Waals surface area contributed by atoms with E-state index in [9.17, 15) is 9.59 Å². The van der Waals surface area contributed by atoms with Crippen LogP contribution in [0.3, 0.4) is 0 Å². The molecule has 1 saturated heterocycles. The maximum absolute atomic E-state index is 13.4. The summed E-state index contributed by atoms with van der Waals surface area (Å²) >= 11 is 2.98. The first kappa shape index (κ1) is 26.3. The number of hydrogen-bond donors (Lipinski definition) is 1. The molecule has 0 spiro atoms. The summed E-state index contributed by atoms with van der Waals surface area (Å²) in [6, 6.07) is 4.73. The smallest absolute Gasteiger partial charge is 0.324 e. The predicted molar refractivity (Wildman–Crippen MR) is 150 cm³/mol. The number of pyridine rings is 1. The molecule has 3 heterocycles. The van der Waals surface area contributed by atoms with E-state index in [1.807, 2.05) is 17.0 Å². The topological polar surface area (TPSA) is 81.7 Å². The van der Waals surface area contributed by atoms with E-state index in [1.165, 1.54) is 61.6 Å². The normalized spacial score (nSPS) is 19.6. The number of thiazole rings is 1. The minimum Gasteiger partial charge on any atom is -0.368 e. The zero-order valence-electron chi connectivity index (χ0n) is 21.5. The number of nitrogens with zero attached hydrogens (tertiary/aromatic N) is 5. The van der Waals surface area contributed by atoms with Crippen LogP contribution in [0.2, 0.25) is 0 Å². The Kier molecular flexibility index (Phi) is 9.20. The van der Waals surface area contributed by atoms with Gasteiger partial charge in [-0.25, -0.2) is 9.78 Å². The van der Waals surface area contributed by atoms with Gasteiger partial charge < -0.3 is 14.7 Å². The molecule has 1 N–H and O–H groups in total. The standard InChI is InChI=1S/C27H38N6O2S2/c34-24(32-17-15-31(16-18-32)21-11-13-28-14-12-21)20-36-25-19-29-26(37-25)30-27(35)33(22-7-3-1-4-8-22)23-9-5-2-6-10-23/h11-14,19,22-23H,1-10,15-18,20H2,(H,29,30,35). The van der Waals surface area contributed by atoms with E-state index in [1.54, 1.807) is 18.6 Å². The van der Waals surface area contributed by atoms with E-state index in [0.29, 0.717) is 23.0 Å². The molecule has 10 heteroatoms. The summed E-state index contributed by atoms with van der Waals surface area (Å²) in [5.41, 5.74) is 1.15. The Balaban J connectivity index is 1.11. The molecule has 2 saturated carbocycles. The Bertz CT molecular complexity index is 997. The van der Waals surface area contributed by atoms with Gasteiger partial charge in [0, 0.05) is 56.3 Å². The monoisotopic (exact) mass is 542 g/mol. The number of carbonyl (C=O) groups excluding carboxylic acids is 2. The van der Waals surface area contributed by atoms with Crippen molar-refractivity contribution in [1.82, 2.24) is 19.8 Å². The third-order valence-electron chi connectivity index (χ3n) is 7.87. The third-order valence-corrected chi connectivity index (χ3v) is 9.96. The first-order chi connectivity index (χ1) is 18.2. The van der Waals surface area contributed by atoms with Gasteiger partial charge in [-0.05, 0) is 37.8 Å². The van der Waals surface area contributed by atoms with Crippen molar-refractivity contribution in [2.45, 2.75) is 80.5 Å². The van der Waals surface area contributed by atoms with Crippen molar-refractivity contribution < 1.29 is 9.59 Å². The first-order valence-electron chi connectivity index (χ1n) is 13.8. The van der Waals surface area contributed by atoms with Gasteiger partial charge in [0.1, 0.15) is 0 Å². The Morgan fingerprint density at radius 1 is 0.946 bits per heavy atom. The number of carbonyl (C=O) groups is 2. The quantitative estimate of drug-likeness (QED) is 0.467. The molecular formula is C27H38N6O2S2. The molecule has 3 aliphatic rings. The lowest BCUT2D eigenvalue weighted by Crippen LogP contribution is -2.50. The molecule has 2 aromatic heterocycles. The van der Waals surface area contributed by atoms with Crippen molar-refractivity contribution in [3.8, 4) is 0 Å². The largest absolute Gasteiger partial charge is 0.368 e. The summed E-state index contributed by atoms with van der Waals surface area (Å²) in [7, 11) is 0. The van der Waals surface area contributed by atoms with Gasteiger partial charge in [0.2, 0.25) is 5.91 Å². The highest BCUT2D eigenvalue weighted by atomic mass is 32.2. The zero-order valence-corrected chi connectivity index (χ0v) is 23.2. The molecule has 37 heavy (non-hydrogen) atoms. The molecular weight excluding hydrogens is 504 g/mol. The van der Waals surface area contributed by atoms with Crippen molar-refractivity contribution in [2.24, 2.45) is 0 Å². The molecule has 0 unspecified atom stereocenters. The number of rotatable bonds is 7. The van der Waals surface area contributed by atoms with Gasteiger partial charge in [-0.2, -0.15) is 0 Å². The fourth-order valence-corrected chi connectivity index (χ4v) is 7.65. The third kappa shape index (κ3) is 6.96. The second-order valence-electron chi connectivity index (χ2n) is 10.3. The lowest BCUT2D eigenvalue weighted by Gasteiger charge is -2.41. The van der Waals surface area contributed by atoms with Gasteiger partial charge in [-0.3, -0.25) is 15.1 Å². The molecule has 200 valence electrons. The van der Waals surface area contributed by atoms with Gasteiger partial charge in [0.05, 0.1) is 16.2 Å². The minimum absolute atomic E-state index is 0.00726. The molecule has 2 aromatic rings. The van der Waals surface area contributed by atoms with Crippen LogP contribution in [0.4, 0.5) is 15.6 Å². The molecule has 0 atom stereocenters. The lowest BCUT2D eigenvalue weighted by atomic mass is 9.89. The Morgan fingerprint density at radius 3 is 2.19 bits per heavy atom. The molecule has 0 aromatic carbocycles. The number of anilines is 2. The van der Waals surface area contributed by atoms with Crippen molar-refractivity contribution in [1.29, 1.82) is 0 Å². The predicted octanol–water partition coefficient (Wildman–Crippen LogP) is 5.48. The summed E-state index contributed by atoms with van der Waals surface area (Å²) in [6.07, 6.45) is 17.3. The van der Waals surface area contributed by atoms with E-state index >= 15 is 0 Å². The highest BCUT2D eigenvalue weighted by Gasteiger charge is 2.33. The molecule has 5 rings (SSSR count). The van der Waals surface area contributed by atoms with Crippen LogP contribution in [-0.4, -0.2) is 75.7 Å². The SMILES string of the molecule is O=C(CSc1cnc(NC(=O)N(C2CCCCC2)C2CCCCC2)s1)N1CCN(c2ccncc2)CC1. The average Bonchev–Trinajstić information content (AvgIpc) is 3.40. The molecule has 1 aliphatic heterocycles. The molecule has 0 radical (unpaired) electrons. The Labute approximate surface area is 228 Å². The number of nitrogens with one attached hydrogen (secondary N) is 1. The summed E-state index contributed by atoms with van der Waals surface area (Å²) in [5.74, 6) is 0.542. The average molecular weight is 543 g/mol. The number of thioether (sulfide) groups is 1. The molecule has 3 amide bonds. The maximum Gasteiger partial charge on any atom is 0.324 e. The Hall–Kier alpha value is -2.33. The number of hydrogen-bond acceptors (Lipinski definition) is 7. The first-order valence-corrected chi connectivity index (χ1v) is 15.6. The fourth-order valence-electron chi connectivity index (χ4n) is 5.88. The van der Waals surface area contributed by atoms with E-state index < -0.39 is 0 Å². The number of amides is 3. The van der Waals surface area contributed by atoms with Crippen molar-refractivity contribution in [3.63, 3.8) is 0 Å². The van der Waals surface area contributed by atoms with Crippen LogP contribution in [0.5, 0.6) is 0 Å². The number of urea groups is 1. The van der Waals surface area contributed by atoms with Crippen LogP contribution in [0.1, 0.15) is 64.2 Å². The molecule has 2 aliphatic carbocycles. The fraction of sp³-hybridized carbons (Fsp3) is 0.630. The van der Waals surface area contributed by atoms with Gasteiger partial charge in [0.15, 0.2) is 5.13 Å². The van der Waals surface area contributed by atoms with E-state index in [2.05, 4.69) is 25.1 Å². The summed E-state index contributed by atoms with van der Waals surface area (Å²) in [4.78, 5) is 41.2.